The summed E-state index contributed by atoms with van der Waals surface area (Å²) in [5.41, 5.74) is 7.75. The number of hydrogen-bond donors (Lipinski definition) is 1. The summed E-state index contributed by atoms with van der Waals surface area (Å²) in [7, 11) is 0. The van der Waals surface area contributed by atoms with E-state index >= 15 is 0 Å². The minimum absolute atomic E-state index is 0.291. The van der Waals surface area contributed by atoms with Crippen LogP contribution in [0.1, 0.15) is 24.2 Å². The second kappa shape index (κ2) is 6.41. The van der Waals surface area contributed by atoms with Gasteiger partial charge in [-0.1, -0.05) is 12.1 Å². The van der Waals surface area contributed by atoms with Crippen LogP contribution in [0.15, 0.2) is 29.6 Å². The van der Waals surface area contributed by atoms with E-state index < -0.39 is 5.97 Å². The molecule has 0 amide bonds. The lowest BCUT2D eigenvalue weighted by atomic mass is 10.0. The number of ether oxygens (including phenoxy) is 2. The summed E-state index contributed by atoms with van der Waals surface area (Å²) >= 11 is 1.29. The summed E-state index contributed by atoms with van der Waals surface area (Å²) in [6.45, 7) is 3.37. The third-order valence-electron chi connectivity index (χ3n) is 2.73. The third-order valence-corrected chi connectivity index (χ3v) is 3.54. The van der Waals surface area contributed by atoms with Gasteiger partial charge in [0.25, 0.3) is 0 Å². The van der Waals surface area contributed by atoms with E-state index in [-0.39, 0.29) is 5.97 Å². The van der Waals surface area contributed by atoms with Crippen LogP contribution < -0.4 is 10.5 Å². The molecule has 1 aromatic heterocycles. The summed E-state index contributed by atoms with van der Waals surface area (Å²) in [5.74, 6) is -0.364. The molecule has 2 rings (SSSR count). The zero-order valence-corrected chi connectivity index (χ0v) is 12.5. The average molecular weight is 305 g/mol. The molecule has 2 aromatic rings. The van der Waals surface area contributed by atoms with E-state index in [0.717, 1.165) is 5.56 Å². The van der Waals surface area contributed by atoms with Crippen LogP contribution in [0.25, 0.3) is 11.1 Å². The van der Waals surface area contributed by atoms with Crippen molar-refractivity contribution in [2.45, 2.75) is 13.8 Å². The molecule has 1 heterocycles. The lowest BCUT2D eigenvalue weighted by Gasteiger charge is -2.06. The molecular formula is C15H15NO4S. The monoisotopic (exact) mass is 305 g/mol. The highest BCUT2D eigenvalue weighted by atomic mass is 32.1. The Morgan fingerprint density at radius 3 is 2.48 bits per heavy atom. The highest BCUT2D eigenvalue weighted by molar-refractivity contribution is 7.14. The fourth-order valence-electron chi connectivity index (χ4n) is 1.87. The number of nitrogens with two attached hydrogens (primary N) is 1. The molecule has 0 saturated heterocycles. The lowest BCUT2D eigenvalue weighted by molar-refractivity contribution is -0.131. The molecule has 0 aliphatic rings. The van der Waals surface area contributed by atoms with Crippen molar-refractivity contribution in [3.8, 4) is 16.9 Å². The van der Waals surface area contributed by atoms with Crippen LogP contribution in [0.2, 0.25) is 0 Å². The van der Waals surface area contributed by atoms with E-state index in [1.54, 1.807) is 31.2 Å². The lowest BCUT2D eigenvalue weighted by Crippen LogP contribution is -2.07. The van der Waals surface area contributed by atoms with Crippen molar-refractivity contribution in [1.82, 2.24) is 0 Å². The van der Waals surface area contributed by atoms with Crippen molar-refractivity contribution in [1.29, 1.82) is 0 Å². The predicted molar refractivity (Wildman–Crippen MR) is 81.4 cm³/mol. The highest BCUT2D eigenvalue weighted by Crippen LogP contribution is 2.34. The van der Waals surface area contributed by atoms with Gasteiger partial charge in [-0.3, -0.25) is 4.79 Å². The van der Waals surface area contributed by atoms with Crippen molar-refractivity contribution < 1.29 is 19.1 Å². The molecular weight excluding hydrogens is 290 g/mol. The SMILES string of the molecule is CCOC(=O)c1c(-c2ccc(OC(C)=O)cc2)csc1N. The highest BCUT2D eigenvalue weighted by Gasteiger charge is 2.19. The van der Waals surface area contributed by atoms with Crippen molar-refractivity contribution in [2.24, 2.45) is 0 Å². The molecule has 0 aliphatic carbocycles. The smallest absolute Gasteiger partial charge is 0.341 e. The maximum Gasteiger partial charge on any atom is 0.341 e. The standard InChI is InChI=1S/C15H15NO4S/c1-3-19-15(18)13-12(8-21-14(13)16)10-4-6-11(7-5-10)20-9(2)17/h4-8H,3,16H2,1-2H3. The molecule has 21 heavy (non-hydrogen) atoms. The van der Waals surface area contributed by atoms with Crippen molar-refractivity contribution in [3.05, 3.63) is 35.2 Å². The van der Waals surface area contributed by atoms with Crippen molar-refractivity contribution >= 4 is 28.3 Å². The molecule has 2 N–H and O–H groups in total. The topological polar surface area (TPSA) is 78.6 Å². The fourth-order valence-corrected chi connectivity index (χ4v) is 2.68. The van der Waals surface area contributed by atoms with Gasteiger partial charge < -0.3 is 15.2 Å². The average Bonchev–Trinajstić information content (AvgIpc) is 2.81. The van der Waals surface area contributed by atoms with Crippen LogP contribution in [-0.2, 0) is 9.53 Å². The van der Waals surface area contributed by atoms with Crippen molar-refractivity contribution in [2.75, 3.05) is 12.3 Å². The van der Waals surface area contributed by atoms with Crippen LogP contribution in [0.4, 0.5) is 5.00 Å². The molecule has 1 aromatic carbocycles. The Balaban J connectivity index is 2.34. The third kappa shape index (κ3) is 3.41. The number of carbonyl (C=O) groups excluding carboxylic acids is 2. The Kier molecular flexibility index (Phi) is 4.59. The Hall–Kier alpha value is -2.34. The van der Waals surface area contributed by atoms with Crippen LogP contribution in [0, 0.1) is 0 Å². The second-order valence-corrected chi connectivity index (χ2v) is 5.14. The number of thiophene rings is 1. The maximum atomic E-state index is 12.0. The molecule has 5 nitrogen and oxygen atoms in total. The van der Waals surface area contributed by atoms with Gasteiger partial charge in [-0.25, -0.2) is 4.79 Å². The number of esters is 2. The van der Waals surface area contributed by atoms with Crippen LogP contribution in [0.5, 0.6) is 5.75 Å². The summed E-state index contributed by atoms with van der Waals surface area (Å²) in [4.78, 5) is 22.9. The maximum absolute atomic E-state index is 12.0. The Morgan fingerprint density at radius 1 is 1.24 bits per heavy atom. The van der Waals surface area contributed by atoms with E-state index in [0.29, 0.717) is 28.5 Å². The van der Waals surface area contributed by atoms with Crippen LogP contribution in [-0.4, -0.2) is 18.5 Å². The van der Waals surface area contributed by atoms with E-state index in [9.17, 15) is 9.59 Å². The second-order valence-electron chi connectivity index (χ2n) is 4.23. The molecule has 110 valence electrons. The summed E-state index contributed by atoms with van der Waals surface area (Å²) in [5, 5.41) is 2.23. The molecule has 0 saturated carbocycles. The van der Waals surface area contributed by atoms with Gasteiger partial charge in [-0.2, -0.15) is 0 Å². The van der Waals surface area contributed by atoms with E-state index in [4.69, 9.17) is 15.2 Å². The first-order valence-corrected chi connectivity index (χ1v) is 7.23. The predicted octanol–water partition coefficient (Wildman–Crippen LogP) is 3.10. The van der Waals surface area contributed by atoms with E-state index in [1.807, 2.05) is 5.38 Å². The van der Waals surface area contributed by atoms with Gasteiger partial charge in [0.2, 0.25) is 0 Å². The normalized spacial score (nSPS) is 10.2. The molecule has 0 unspecified atom stereocenters. The minimum atomic E-state index is -0.435. The van der Waals surface area contributed by atoms with Gasteiger partial charge in [-0.15, -0.1) is 11.3 Å². The summed E-state index contributed by atoms with van der Waals surface area (Å²) in [6.07, 6.45) is 0. The largest absolute Gasteiger partial charge is 0.462 e. The quantitative estimate of drug-likeness (QED) is 0.693. The van der Waals surface area contributed by atoms with Gasteiger partial charge >= 0.3 is 11.9 Å². The molecule has 0 fully saturated rings. The Morgan fingerprint density at radius 2 is 1.90 bits per heavy atom. The fraction of sp³-hybridized carbons (Fsp3) is 0.200. The molecule has 6 heteroatoms. The molecule has 0 radical (unpaired) electrons. The van der Waals surface area contributed by atoms with Crippen LogP contribution >= 0.6 is 11.3 Å². The van der Waals surface area contributed by atoms with Crippen LogP contribution in [0.3, 0.4) is 0 Å². The number of benzene rings is 1. The zero-order chi connectivity index (χ0) is 15.4. The Bertz CT molecular complexity index is 661. The summed E-state index contributed by atoms with van der Waals surface area (Å²) < 4.78 is 10.00. The van der Waals surface area contributed by atoms with E-state index in [2.05, 4.69) is 0 Å². The first-order valence-electron chi connectivity index (χ1n) is 6.35. The Labute approximate surface area is 126 Å². The van der Waals surface area contributed by atoms with Gasteiger partial charge in [0, 0.05) is 17.9 Å². The van der Waals surface area contributed by atoms with E-state index in [1.165, 1.54) is 18.3 Å². The molecule has 0 atom stereocenters. The minimum Gasteiger partial charge on any atom is -0.462 e. The summed E-state index contributed by atoms with van der Waals surface area (Å²) in [6, 6.07) is 6.87. The van der Waals surface area contributed by atoms with Crippen molar-refractivity contribution in [3.63, 3.8) is 0 Å². The number of rotatable bonds is 4. The first kappa shape index (κ1) is 15.1. The number of carbonyl (C=O) groups is 2. The zero-order valence-electron chi connectivity index (χ0n) is 11.7. The van der Waals surface area contributed by atoms with Gasteiger partial charge in [0.15, 0.2) is 0 Å². The number of anilines is 1. The van der Waals surface area contributed by atoms with Gasteiger partial charge in [-0.05, 0) is 24.6 Å². The van der Waals surface area contributed by atoms with Gasteiger partial charge in [0.1, 0.15) is 16.3 Å². The van der Waals surface area contributed by atoms with Gasteiger partial charge in [0.05, 0.1) is 6.61 Å². The number of hydrogen-bond acceptors (Lipinski definition) is 6. The first-order chi connectivity index (χ1) is 10.0. The molecule has 0 bridgehead atoms. The molecule has 0 aliphatic heterocycles. The number of nitrogen functional groups attached to an aromatic ring is 1. The molecule has 0 spiro atoms.